The Kier molecular flexibility index (Phi) is 21.4. The molecule has 5 aliphatic heterocycles. The minimum Gasteiger partial charge on any atom is -0.493 e. The van der Waals surface area contributed by atoms with E-state index in [-0.39, 0.29) is 173 Å². The molecule has 0 spiro atoms. The lowest BCUT2D eigenvalue weighted by atomic mass is 9.88. The van der Waals surface area contributed by atoms with Crippen molar-refractivity contribution in [3.8, 4) is 23.0 Å². The van der Waals surface area contributed by atoms with Gasteiger partial charge in [0.2, 0.25) is 23.6 Å². The van der Waals surface area contributed by atoms with E-state index in [1.807, 2.05) is 27.7 Å². The van der Waals surface area contributed by atoms with Crippen molar-refractivity contribution < 1.29 is 76.7 Å². The average Bonchev–Trinajstić information content (AvgIpc) is 1.80. The second kappa shape index (κ2) is 28.8. The number of aliphatic imine (C=N–C) groups is 1. The molecule has 23 heteroatoms. The van der Waals surface area contributed by atoms with E-state index < -0.39 is 42.1 Å². The van der Waals surface area contributed by atoms with Crippen molar-refractivity contribution in [3.05, 3.63) is 95.1 Å². The number of ether oxygens (including phenoxy) is 6. The molecule has 3 fully saturated rings. The fourth-order valence-electron chi connectivity index (χ4n) is 11.2. The fraction of sp³-hybridized carbons (Fsp3) is 0.500. The van der Waals surface area contributed by atoms with E-state index in [1.165, 1.54) is 31.3 Å². The standard InChI is InChI=1S/C64H79N7O16/c1-36(2)45(26-44(72)16-21-84-22-17-65-57(74)15-18-68-58(75)29-46(37(3)4)60(68)77)59(76)67-40(7)52(73)25-41-11-13-42(14-12-41)35-87-64(81)71-50-31-56(54(83-9)28-48(50)62(79)70-34-39(6)24-51(70)63(71)80)86-20-10-19-85-55-30-49-47(27-53(55)82-8)61(78)69-33-38(5)23-43(69)32-66-49/h11-14,27-28,30-32,36-37,40,43,45-46,51,63,80H,5-6,10,15-26,29,33-35H2,1-4,7-9H3,(H,65,74)(H,67,76)/t40-,43-,45-,46?,51-,63?/m0/s1. The molecule has 3 aromatic carbocycles. The van der Waals surface area contributed by atoms with Crippen molar-refractivity contribution >= 4 is 70.7 Å². The highest BCUT2D eigenvalue weighted by Crippen LogP contribution is 2.43. The van der Waals surface area contributed by atoms with Gasteiger partial charge < -0.3 is 54.0 Å². The number of benzene rings is 3. The number of rotatable bonds is 28. The number of ketones is 2. The first kappa shape index (κ1) is 64.6. The van der Waals surface area contributed by atoms with Crippen LogP contribution in [0.1, 0.15) is 111 Å². The molecule has 0 aliphatic carbocycles. The number of anilines is 1. The molecule has 8 rings (SSSR count). The first-order chi connectivity index (χ1) is 41.6. The number of hydrogen-bond acceptors (Lipinski definition) is 17. The van der Waals surface area contributed by atoms with Crippen molar-refractivity contribution in [1.29, 1.82) is 0 Å². The Labute approximate surface area is 506 Å². The van der Waals surface area contributed by atoms with Crippen LogP contribution in [0.2, 0.25) is 0 Å². The number of amides is 7. The molecular formula is C64H79N7O16. The quantitative estimate of drug-likeness (QED) is 0.0422. The molecule has 466 valence electrons. The number of nitrogens with one attached hydrogen (secondary N) is 2. The number of carbonyl (C=O) groups excluding carboxylic acids is 9. The number of aliphatic hydroxyl groups excluding tert-OH is 1. The topological polar surface area (TPSA) is 279 Å². The van der Waals surface area contributed by atoms with Crippen LogP contribution in [-0.4, -0.2) is 170 Å². The number of methoxy groups -OCH3 is 2. The van der Waals surface area contributed by atoms with Gasteiger partial charge in [0.1, 0.15) is 12.4 Å². The summed E-state index contributed by atoms with van der Waals surface area (Å²) in [5.41, 5.74) is 3.80. The number of Topliss-reactive ketones (excluding diaryl/α,β-unsaturated/α-hetero) is 2. The van der Waals surface area contributed by atoms with Crippen LogP contribution < -0.4 is 34.5 Å². The summed E-state index contributed by atoms with van der Waals surface area (Å²) in [5.74, 6) is -2.51. The fourth-order valence-corrected chi connectivity index (χ4v) is 11.2. The Morgan fingerprint density at radius 3 is 2.07 bits per heavy atom. The Bertz CT molecular complexity index is 3190. The van der Waals surface area contributed by atoms with Crippen LogP contribution in [0.15, 0.2) is 77.8 Å². The van der Waals surface area contributed by atoms with Gasteiger partial charge in [0, 0.05) is 94.9 Å². The highest BCUT2D eigenvalue weighted by Gasteiger charge is 2.47. The molecule has 3 saturated heterocycles. The molecule has 0 aromatic heterocycles. The van der Waals surface area contributed by atoms with Crippen LogP contribution in [0.4, 0.5) is 16.2 Å². The van der Waals surface area contributed by atoms with Gasteiger partial charge >= 0.3 is 6.09 Å². The van der Waals surface area contributed by atoms with Gasteiger partial charge in [-0.1, -0.05) is 76.3 Å². The maximum absolute atomic E-state index is 14.2. The summed E-state index contributed by atoms with van der Waals surface area (Å²) in [6.45, 7) is 18.1. The average molecular weight is 1200 g/mol. The van der Waals surface area contributed by atoms with Gasteiger partial charge in [-0.15, -0.1) is 0 Å². The molecule has 0 bridgehead atoms. The molecular weight excluding hydrogens is 1120 g/mol. The summed E-state index contributed by atoms with van der Waals surface area (Å²) in [7, 11) is 2.91. The van der Waals surface area contributed by atoms with Gasteiger partial charge in [-0.05, 0) is 54.9 Å². The second-order valence-electron chi connectivity index (χ2n) is 23.3. The lowest BCUT2D eigenvalue weighted by Crippen LogP contribution is -2.50. The van der Waals surface area contributed by atoms with E-state index >= 15 is 0 Å². The molecule has 5 aliphatic rings. The third kappa shape index (κ3) is 15.4. The normalized spacial score (nSPS) is 19.5. The number of hydrogen-bond donors (Lipinski definition) is 3. The van der Waals surface area contributed by atoms with E-state index in [4.69, 9.17) is 28.4 Å². The van der Waals surface area contributed by atoms with Gasteiger partial charge in [-0.3, -0.25) is 48.2 Å². The smallest absolute Gasteiger partial charge is 0.416 e. The van der Waals surface area contributed by atoms with Gasteiger partial charge in [-0.25, -0.2) is 9.69 Å². The predicted molar refractivity (Wildman–Crippen MR) is 319 cm³/mol. The lowest BCUT2D eigenvalue weighted by Gasteiger charge is -2.31. The lowest BCUT2D eigenvalue weighted by molar-refractivity contribution is -0.140. The molecule has 0 saturated carbocycles. The van der Waals surface area contributed by atoms with Crippen molar-refractivity contribution in [2.75, 3.05) is 71.7 Å². The molecule has 0 radical (unpaired) electrons. The first-order valence-corrected chi connectivity index (χ1v) is 29.5. The SMILES string of the molecule is C=C1C[C@H]2C=Nc3cc(OCCCOc4cc5c(cc4OC)C(=O)N4CC(=C)C[C@H]4C(O)N5C(=O)OCc4ccc(CC(=O)[C@H](C)NC(=O)[C@@H](CC(=O)CCOCCNC(=O)CCN5C(=O)CC(C(C)C)C5=O)C(C)C)cc4)c(OC)cc3C(=O)N2C1. The molecule has 6 atom stereocenters. The molecule has 23 nitrogen and oxygen atoms in total. The molecule has 2 unspecified atom stereocenters. The number of nitrogens with zero attached hydrogens (tertiary/aromatic N) is 5. The number of fused-ring (bicyclic) bond motifs is 4. The van der Waals surface area contributed by atoms with Crippen molar-refractivity contribution in [2.24, 2.45) is 28.7 Å². The number of likely N-dealkylation sites (tertiary alicyclic amines) is 1. The Hall–Kier alpha value is -8.44. The van der Waals surface area contributed by atoms with Gasteiger partial charge in [-0.2, -0.15) is 0 Å². The Morgan fingerprint density at radius 1 is 0.759 bits per heavy atom. The van der Waals surface area contributed by atoms with E-state index in [0.29, 0.717) is 58.8 Å². The van der Waals surface area contributed by atoms with E-state index in [0.717, 1.165) is 15.4 Å². The van der Waals surface area contributed by atoms with E-state index in [9.17, 15) is 48.3 Å². The monoisotopic (exact) mass is 1200 g/mol. The maximum atomic E-state index is 14.2. The third-order valence-electron chi connectivity index (χ3n) is 16.3. The van der Waals surface area contributed by atoms with Crippen LogP contribution in [0.25, 0.3) is 0 Å². The molecule has 5 heterocycles. The Balaban J connectivity index is 0.804. The minimum atomic E-state index is -1.55. The summed E-state index contributed by atoms with van der Waals surface area (Å²) in [5, 5.41) is 17.4. The summed E-state index contributed by atoms with van der Waals surface area (Å²) < 4.78 is 35.0. The maximum Gasteiger partial charge on any atom is 0.416 e. The number of aliphatic hydroxyl groups is 1. The van der Waals surface area contributed by atoms with E-state index in [1.54, 1.807) is 54.4 Å². The van der Waals surface area contributed by atoms with Gasteiger partial charge in [0.25, 0.3) is 11.8 Å². The van der Waals surface area contributed by atoms with Crippen molar-refractivity contribution in [1.82, 2.24) is 25.3 Å². The number of imide groups is 1. The van der Waals surface area contributed by atoms with Crippen LogP contribution in [0.5, 0.6) is 23.0 Å². The minimum absolute atomic E-state index is 0.0155. The predicted octanol–water partition coefficient (Wildman–Crippen LogP) is 6.08. The summed E-state index contributed by atoms with van der Waals surface area (Å²) >= 11 is 0. The second-order valence-corrected chi connectivity index (χ2v) is 23.3. The zero-order valence-electron chi connectivity index (χ0n) is 50.6. The Morgan fingerprint density at radius 2 is 1.40 bits per heavy atom. The first-order valence-electron chi connectivity index (χ1n) is 29.5. The zero-order chi connectivity index (χ0) is 62.8. The highest BCUT2D eigenvalue weighted by molar-refractivity contribution is 6.07. The number of carbonyl (C=O) groups is 9. The van der Waals surface area contributed by atoms with Crippen LogP contribution in [0.3, 0.4) is 0 Å². The van der Waals surface area contributed by atoms with Crippen molar-refractivity contribution in [3.63, 3.8) is 0 Å². The molecule has 7 amide bonds. The van der Waals surface area contributed by atoms with Crippen LogP contribution in [-0.2, 0) is 51.3 Å². The highest BCUT2D eigenvalue weighted by atomic mass is 16.6. The van der Waals surface area contributed by atoms with E-state index in [2.05, 4.69) is 28.8 Å². The molecule has 3 N–H and O–H groups in total. The van der Waals surface area contributed by atoms with Crippen molar-refractivity contribution in [2.45, 2.75) is 117 Å². The summed E-state index contributed by atoms with van der Waals surface area (Å²) in [4.78, 5) is 129. The summed E-state index contributed by atoms with van der Waals surface area (Å²) in [6, 6.07) is 11.1. The third-order valence-corrected chi connectivity index (χ3v) is 16.3. The molecule has 3 aromatic rings. The van der Waals surface area contributed by atoms with Gasteiger partial charge in [0.15, 0.2) is 35.0 Å². The van der Waals surface area contributed by atoms with Gasteiger partial charge in [0.05, 0.1) is 81.3 Å². The molecule has 87 heavy (non-hydrogen) atoms. The van der Waals surface area contributed by atoms with Crippen LogP contribution >= 0.6 is 0 Å². The largest absolute Gasteiger partial charge is 0.493 e. The van der Waals surface area contributed by atoms with Crippen LogP contribution in [0, 0.1) is 23.7 Å². The summed E-state index contributed by atoms with van der Waals surface area (Å²) in [6.07, 6.45) is 0.564. The zero-order valence-corrected chi connectivity index (χ0v) is 50.6.